The second kappa shape index (κ2) is 6.35. The van der Waals surface area contributed by atoms with Gasteiger partial charge >= 0.3 is 5.97 Å². The Balaban J connectivity index is 2.78. The van der Waals surface area contributed by atoms with Gasteiger partial charge in [-0.2, -0.15) is 8.42 Å². The highest BCUT2D eigenvalue weighted by Crippen LogP contribution is 2.37. The van der Waals surface area contributed by atoms with Crippen molar-refractivity contribution in [3.63, 3.8) is 0 Å². The molecule has 0 unspecified atom stereocenters. The number of anilines is 1. The van der Waals surface area contributed by atoms with Crippen LogP contribution < -0.4 is 10.1 Å². The molecule has 0 aromatic heterocycles. The van der Waals surface area contributed by atoms with E-state index in [0.29, 0.717) is 10.8 Å². The Morgan fingerprint density at radius 2 is 1.78 bits per heavy atom. The van der Waals surface area contributed by atoms with Gasteiger partial charge in [0.05, 0.1) is 5.69 Å². The van der Waals surface area contributed by atoms with Crippen LogP contribution in [0.15, 0.2) is 30.3 Å². The van der Waals surface area contributed by atoms with Gasteiger partial charge in [-0.25, -0.2) is 0 Å². The quantitative estimate of drug-likeness (QED) is 0.502. The van der Waals surface area contributed by atoms with Crippen LogP contribution in [0.5, 0.6) is 5.75 Å². The normalized spacial score (nSPS) is 11.3. The lowest BCUT2D eigenvalue weighted by atomic mass is 10.0. The van der Waals surface area contributed by atoms with Crippen LogP contribution in [0, 0.1) is 0 Å². The Hall–Kier alpha value is -2.45. The van der Waals surface area contributed by atoms with E-state index in [0.717, 1.165) is 0 Å². The summed E-state index contributed by atoms with van der Waals surface area (Å²) in [6, 6.07) is 8.02. The number of hydrogen-bond acceptors (Lipinski definition) is 5. The van der Waals surface area contributed by atoms with Gasteiger partial charge in [-0.1, -0.05) is 24.3 Å². The first kappa shape index (κ1) is 16.9. The fourth-order valence-electron chi connectivity index (χ4n) is 2.28. The minimum atomic E-state index is -4.28. The maximum Gasteiger partial charge on any atom is 0.308 e. The topological polar surface area (TPSA) is 110 Å². The van der Waals surface area contributed by atoms with Crippen LogP contribution in [0.25, 0.3) is 10.8 Å². The summed E-state index contributed by atoms with van der Waals surface area (Å²) in [5.74, 6) is -1.61. The van der Waals surface area contributed by atoms with Crippen molar-refractivity contribution in [1.82, 2.24) is 0 Å². The predicted octanol–water partition coefficient (Wildman–Crippen LogP) is 2.11. The molecular weight excluding hydrogens is 322 g/mol. The van der Waals surface area contributed by atoms with E-state index in [-0.39, 0.29) is 22.9 Å². The van der Waals surface area contributed by atoms with E-state index in [9.17, 15) is 18.0 Å². The van der Waals surface area contributed by atoms with Gasteiger partial charge in [-0.05, 0) is 17.0 Å². The van der Waals surface area contributed by atoms with Crippen molar-refractivity contribution in [1.29, 1.82) is 0 Å². The van der Waals surface area contributed by atoms with Crippen LogP contribution in [0.2, 0.25) is 0 Å². The molecule has 1 amide bonds. The first-order valence-corrected chi connectivity index (χ1v) is 8.24. The van der Waals surface area contributed by atoms with Gasteiger partial charge in [-0.15, -0.1) is 0 Å². The molecule has 0 saturated heterocycles. The molecule has 0 aliphatic rings. The molecule has 7 nitrogen and oxygen atoms in total. The molecule has 0 atom stereocenters. The van der Waals surface area contributed by atoms with Crippen molar-refractivity contribution in [2.75, 3.05) is 5.32 Å². The van der Waals surface area contributed by atoms with Crippen LogP contribution in [0.1, 0.15) is 19.4 Å². The third kappa shape index (κ3) is 4.27. The third-order valence-electron chi connectivity index (χ3n) is 2.99. The SMILES string of the molecule is CC(=O)Nc1c(OC(C)=O)cc(CS(=O)(=O)O)c2ccccc12. The molecule has 0 radical (unpaired) electrons. The first-order valence-electron chi connectivity index (χ1n) is 6.63. The Morgan fingerprint density at radius 3 is 2.30 bits per heavy atom. The maximum absolute atomic E-state index is 11.4. The lowest BCUT2D eigenvalue weighted by Crippen LogP contribution is -2.12. The van der Waals surface area contributed by atoms with Crippen LogP contribution in [0.4, 0.5) is 5.69 Å². The molecule has 2 aromatic carbocycles. The van der Waals surface area contributed by atoms with Crippen LogP contribution in [-0.4, -0.2) is 24.8 Å². The number of hydrogen-bond donors (Lipinski definition) is 2. The van der Waals surface area contributed by atoms with Crippen molar-refractivity contribution in [3.05, 3.63) is 35.9 Å². The summed E-state index contributed by atoms with van der Waals surface area (Å²) in [6.07, 6.45) is 0. The van der Waals surface area contributed by atoms with Crippen LogP contribution >= 0.6 is 0 Å². The Labute approximate surface area is 133 Å². The summed E-state index contributed by atoms with van der Waals surface area (Å²) in [6.45, 7) is 2.49. The number of nitrogens with one attached hydrogen (secondary N) is 1. The second-order valence-corrected chi connectivity index (χ2v) is 6.41. The summed E-state index contributed by atoms with van der Waals surface area (Å²) in [4.78, 5) is 22.7. The Bertz CT molecular complexity index is 888. The molecule has 0 fully saturated rings. The van der Waals surface area contributed by atoms with Crippen molar-refractivity contribution >= 4 is 38.5 Å². The average Bonchev–Trinajstić information content (AvgIpc) is 2.40. The summed E-state index contributed by atoms with van der Waals surface area (Å²) >= 11 is 0. The molecule has 0 saturated carbocycles. The van der Waals surface area contributed by atoms with Crippen LogP contribution in [0.3, 0.4) is 0 Å². The van der Waals surface area contributed by atoms with Gasteiger partial charge in [0.1, 0.15) is 5.75 Å². The maximum atomic E-state index is 11.4. The van der Waals surface area contributed by atoms with Gasteiger partial charge in [0.15, 0.2) is 5.75 Å². The number of carbonyl (C=O) groups is 2. The number of carbonyl (C=O) groups excluding carboxylic acids is 2. The minimum absolute atomic E-state index is 0.0186. The number of benzene rings is 2. The fraction of sp³-hybridized carbons (Fsp3) is 0.200. The molecule has 0 bridgehead atoms. The molecule has 0 heterocycles. The first-order chi connectivity index (χ1) is 10.7. The van der Waals surface area contributed by atoms with E-state index in [1.807, 2.05) is 0 Å². The van der Waals surface area contributed by atoms with E-state index in [1.54, 1.807) is 24.3 Å². The van der Waals surface area contributed by atoms with E-state index >= 15 is 0 Å². The smallest absolute Gasteiger partial charge is 0.308 e. The van der Waals surface area contributed by atoms with Gasteiger partial charge in [-0.3, -0.25) is 14.1 Å². The Kier molecular flexibility index (Phi) is 4.67. The van der Waals surface area contributed by atoms with Gasteiger partial charge in [0.25, 0.3) is 10.1 Å². The highest BCUT2D eigenvalue weighted by Gasteiger charge is 2.18. The molecular formula is C15H15NO6S. The molecule has 2 N–H and O–H groups in total. The molecule has 0 aliphatic heterocycles. The summed E-state index contributed by atoms with van der Waals surface area (Å²) < 4.78 is 36.6. The van der Waals surface area contributed by atoms with Crippen molar-refractivity contribution in [2.45, 2.75) is 19.6 Å². The molecule has 23 heavy (non-hydrogen) atoms. The Morgan fingerprint density at radius 1 is 1.17 bits per heavy atom. The van der Waals surface area contributed by atoms with E-state index in [1.165, 1.54) is 19.9 Å². The summed E-state index contributed by atoms with van der Waals surface area (Å²) in [5.41, 5.74) is 0.524. The molecule has 8 heteroatoms. The highest BCUT2D eigenvalue weighted by atomic mass is 32.2. The predicted molar refractivity (Wildman–Crippen MR) is 84.8 cm³/mol. The molecule has 0 aliphatic carbocycles. The summed E-state index contributed by atoms with van der Waals surface area (Å²) in [5, 5.41) is 3.60. The molecule has 2 rings (SSSR count). The standard InChI is InChI=1S/C15H15NO6S/c1-9(17)16-15-13-6-4-3-5-12(13)11(8-23(19,20)21)7-14(15)22-10(2)18/h3-7H,8H2,1-2H3,(H,16,17)(H,19,20,21). The average molecular weight is 337 g/mol. The fourth-order valence-corrected chi connectivity index (χ4v) is 2.91. The monoisotopic (exact) mass is 337 g/mol. The van der Waals surface area contributed by atoms with Crippen molar-refractivity contribution in [2.24, 2.45) is 0 Å². The number of amides is 1. The number of rotatable bonds is 4. The second-order valence-electron chi connectivity index (χ2n) is 4.96. The van der Waals surface area contributed by atoms with E-state index < -0.39 is 21.8 Å². The minimum Gasteiger partial charge on any atom is -0.424 e. The zero-order valence-electron chi connectivity index (χ0n) is 12.5. The third-order valence-corrected chi connectivity index (χ3v) is 3.66. The number of ether oxygens (including phenoxy) is 1. The van der Waals surface area contributed by atoms with Crippen LogP contribution in [-0.2, 0) is 25.5 Å². The van der Waals surface area contributed by atoms with E-state index in [2.05, 4.69) is 5.32 Å². The van der Waals surface area contributed by atoms with Gasteiger partial charge < -0.3 is 10.1 Å². The zero-order valence-corrected chi connectivity index (χ0v) is 13.3. The largest absolute Gasteiger partial charge is 0.424 e. The van der Waals surface area contributed by atoms with Crippen molar-refractivity contribution < 1.29 is 27.3 Å². The van der Waals surface area contributed by atoms with Gasteiger partial charge in [0, 0.05) is 19.2 Å². The van der Waals surface area contributed by atoms with Crippen molar-refractivity contribution in [3.8, 4) is 5.75 Å². The molecule has 122 valence electrons. The molecule has 2 aromatic rings. The zero-order chi connectivity index (χ0) is 17.2. The lowest BCUT2D eigenvalue weighted by molar-refractivity contribution is -0.131. The highest BCUT2D eigenvalue weighted by molar-refractivity contribution is 7.85. The number of esters is 1. The lowest BCUT2D eigenvalue weighted by Gasteiger charge is -2.15. The number of fused-ring (bicyclic) bond motifs is 1. The van der Waals surface area contributed by atoms with Gasteiger partial charge in [0.2, 0.25) is 5.91 Å². The molecule has 0 spiro atoms. The van der Waals surface area contributed by atoms with E-state index in [4.69, 9.17) is 9.29 Å². The summed E-state index contributed by atoms with van der Waals surface area (Å²) in [7, 11) is -4.28.